The minimum atomic E-state index is -0.260. The Morgan fingerprint density at radius 3 is 2.53 bits per heavy atom. The largest absolute Gasteiger partial charge is 0.508 e. The summed E-state index contributed by atoms with van der Waals surface area (Å²) in [5.74, 6) is 0.0641. The molecule has 3 heteroatoms. The smallest absolute Gasteiger partial charge is 0.306 e. The van der Waals surface area contributed by atoms with Crippen molar-refractivity contribution in [3.05, 3.63) is 29.8 Å². The zero-order chi connectivity index (χ0) is 12.7. The number of ether oxygens (including phenoxy) is 1. The molecule has 94 valence electrons. The van der Waals surface area contributed by atoms with Crippen LogP contribution >= 0.6 is 0 Å². The Hall–Kier alpha value is -1.51. The number of phenols is 1. The van der Waals surface area contributed by atoms with Gasteiger partial charge in [0, 0.05) is 6.42 Å². The first-order valence-corrected chi connectivity index (χ1v) is 6.12. The van der Waals surface area contributed by atoms with Crippen LogP contribution in [0.25, 0.3) is 0 Å². The number of phenolic OH excluding ortho intramolecular Hbond substituents is 1. The highest BCUT2D eigenvalue weighted by atomic mass is 16.5. The van der Waals surface area contributed by atoms with Gasteiger partial charge < -0.3 is 9.84 Å². The molecular weight excluding hydrogens is 216 g/mol. The number of aromatic hydroxyl groups is 1. The summed E-state index contributed by atoms with van der Waals surface area (Å²) in [5.41, 5.74) is 0.895. The summed E-state index contributed by atoms with van der Waals surface area (Å²) in [6.07, 6.45) is 3.27. The first kappa shape index (κ1) is 13.6. The lowest BCUT2D eigenvalue weighted by Crippen LogP contribution is -2.08. The Labute approximate surface area is 102 Å². The van der Waals surface area contributed by atoms with Crippen molar-refractivity contribution in [3.63, 3.8) is 0 Å². The molecule has 1 unspecified atom stereocenters. The van der Waals surface area contributed by atoms with Crippen LogP contribution < -0.4 is 0 Å². The number of hydrogen-bond donors (Lipinski definition) is 1. The lowest BCUT2D eigenvalue weighted by molar-refractivity contribution is -0.148. The van der Waals surface area contributed by atoms with Crippen LogP contribution in [0.5, 0.6) is 5.75 Å². The Morgan fingerprint density at radius 2 is 1.94 bits per heavy atom. The van der Waals surface area contributed by atoms with Crippen molar-refractivity contribution in [2.24, 2.45) is 0 Å². The molecule has 17 heavy (non-hydrogen) atoms. The number of carbonyl (C=O) groups excluding carboxylic acids is 1. The molecule has 3 nitrogen and oxygen atoms in total. The van der Waals surface area contributed by atoms with Crippen molar-refractivity contribution in [3.8, 4) is 5.75 Å². The molecule has 1 aromatic rings. The number of benzene rings is 1. The van der Waals surface area contributed by atoms with Gasteiger partial charge in [-0.05, 0) is 31.0 Å². The summed E-state index contributed by atoms with van der Waals surface area (Å²) in [6.45, 7) is 3.94. The maximum absolute atomic E-state index is 11.5. The molecule has 0 amide bonds. The van der Waals surface area contributed by atoms with E-state index in [0.717, 1.165) is 24.8 Å². The van der Waals surface area contributed by atoms with E-state index in [1.165, 1.54) is 0 Å². The number of carbonyl (C=O) groups is 1. The van der Waals surface area contributed by atoms with E-state index in [1.807, 2.05) is 6.92 Å². The number of hydrogen-bond acceptors (Lipinski definition) is 3. The lowest BCUT2D eigenvalue weighted by Gasteiger charge is -2.13. The molecular formula is C14H20O3. The van der Waals surface area contributed by atoms with E-state index in [9.17, 15) is 4.79 Å². The lowest BCUT2D eigenvalue weighted by atomic mass is 10.1. The predicted octanol–water partition coefficient (Wildman–Crippen LogP) is 3.58. The van der Waals surface area contributed by atoms with E-state index in [2.05, 4.69) is 6.92 Å². The van der Waals surface area contributed by atoms with Crippen molar-refractivity contribution in [2.75, 3.05) is 0 Å². The third-order valence-corrected chi connectivity index (χ3v) is 2.66. The molecule has 0 spiro atoms. The van der Waals surface area contributed by atoms with Crippen molar-refractivity contribution in [2.45, 2.75) is 45.6 Å². The Kier molecular flexibility index (Phi) is 5.53. The number of esters is 1. The fourth-order valence-electron chi connectivity index (χ4n) is 1.59. The summed E-state index contributed by atoms with van der Waals surface area (Å²) in [4.78, 5) is 11.5. The molecule has 0 aromatic heterocycles. The zero-order valence-corrected chi connectivity index (χ0v) is 10.5. The van der Waals surface area contributed by atoms with E-state index in [4.69, 9.17) is 9.84 Å². The van der Waals surface area contributed by atoms with Gasteiger partial charge in [-0.15, -0.1) is 0 Å². The highest BCUT2D eigenvalue weighted by Crippen LogP contribution is 2.20. The standard InChI is InChI=1S/C14H20O3/c1-3-4-5-6-14(16)17-11(2)12-7-9-13(15)10-8-12/h7-11,15H,3-6H2,1-2H3. The third kappa shape index (κ3) is 4.89. The molecule has 0 aliphatic carbocycles. The normalized spacial score (nSPS) is 12.1. The van der Waals surface area contributed by atoms with Crippen LogP contribution in [0.4, 0.5) is 0 Å². The molecule has 0 aliphatic heterocycles. The highest BCUT2D eigenvalue weighted by molar-refractivity contribution is 5.69. The van der Waals surface area contributed by atoms with Crippen LogP contribution in [-0.2, 0) is 9.53 Å². The van der Waals surface area contributed by atoms with Gasteiger partial charge in [0.05, 0.1) is 0 Å². The molecule has 1 rings (SSSR count). The summed E-state index contributed by atoms with van der Waals surface area (Å²) in [6, 6.07) is 6.71. The molecule has 0 saturated carbocycles. The fraction of sp³-hybridized carbons (Fsp3) is 0.500. The average molecular weight is 236 g/mol. The van der Waals surface area contributed by atoms with Crippen LogP contribution in [0.3, 0.4) is 0 Å². The molecule has 0 heterocycles. The van der Waals surface area contributed by atoms with E-state index >= 15 is 0 Å². The average Bonchev–Trinajstić information content (AvgIpc) is 2.30. The Balaban J connectivity index is 2.40. The van der Waals surface area contributed by atoms with Gasteiger partial charge in [-0.2, -0.15) is 0 Å². The molecule has 1 atom stereocenters. The van der Waals surface area contributed by atoms with E-state index in [0.29, 0.717) is 6.42 Å². The molecule has 1 N–H and O–H groups in total. The second-order valence-electron chi connectivity index (χ2n) is 4.18. The van der Waals surface area contributed by atoms with Crippen LogP contribution in [-0.4, -0.2) is 11.1 Å². The SMILES string of the molecule is CCCCCC(=O)OC(C)c1ccc(O)cc1. The van der Waals surface area contributed by atoms with Crippen molar-refractivity contribution in [1.82, 2.24) is 0 Å². The number of rotatable bonds is 6. The Bertz CT molecular complexity index is 343. The maximum Gasteiger partial charge on any atom is 0.306 e. The minimum absolute atomic E-state index is 0.154. The molecule has 0 fully saturated rings. The first-order chi connectivity index (χ1) is 8.13. The minimum Gasteiger partial charge on any atom is -0.508 e. The van der Waals surface area contributed by atoms with Gasteiger partial charge in [-0.3, -0.25) is 4.79 Å². The van der Waals surface area contributed by atoms with Gasteiger partial charge in [0.1, 0.15) is 11.9 Å². The molecule has 0 saturated heterocycles. The van der Waals surface area contributed by atoms with Gasteiger partial charge in [-0.25, -0.2) is 0 Å². The number of unbranched alkanes of at least 4 members (excludes halogenated alkanes) is 2. The summed E-state index contributed by atoms with van der Waals surface area (Å²) < 4.78 is 5.30. The zero-order valence-electron chi connectivity index (χ0n) is 10.5. The highest BCUT2D eigenvalue weighted by Gasteiger charge is 2.11. The molecule has 0 bridgehead atoms. The van der Waals surface area contributed by atoms with Crippen LogP contribution in [0, 0.1) is 0 Å². The second-order valence-corrected chi connectivity index (χ2v) is 4.18. The summed E-state index contributed by atoms with van der Waals surface area (Å²) >= 11 is 0. The van der Waals surface area contributed by atoms with E-state index in [-0.39, 0.29) is 17.8 Å². The fourth-order valence-corrected chi connectivity index (χ4v) is 1.59. The molecule has 0 radical (unpaired) electrons. The third-order valence-electron chi connectivity index (χ3n) is 2.66. The molecule has 1 aromatic carbocycles. The Morgan fingerprint density at radius 1 is 1.29 bits per heavy atom. The second kappa shape index (κ2) is 6.94. The van der Waals surface area contributed by atoms with Crippen LogP contribution in [0.1, 0.15) is 51.2 Å². The monoisotopic (exact) mass is 236 g/mol. The van der Waals surface area contributed by atoms with E-state index < -0.39 is 0 Å². The van der Waals surface area contributed by atoms with Crippen molar-refractivity contribution >= 4 is 5.97 Å². The summed E-state index contributed by atoms with van der Waals surface area (Å²) in [5, 5.41) is 9.16. The van der Waals surface area contributed by atoms with Crippen molar-refractivity contribution in [1.29, 1.82) is 0 Å². The molecule has 0 aliphatic rings. The predicted molar refractivity (Wildman–Crippen MR) is 66.8 cm³/mol. The van der Waals surface area contributed by atoms with Gasteiger partial charge in [0.25, 0.3) is 0 Å². The van der Waals surface area contributed by atoms with Gasteiger partial charge in [0.2, 0.25) is 0 Å². The summed E-state index contributed by atoms with van der Waals surface area (Å²) in [7, 11) is 0. The quantitative estimate of drug-likeness (QED) is 0.606. The van der Waals surface area contributed by atoms with Gasteiger partial charge in [0.15, 0.2) is 0 Å². The topological polar surface area (TPSA) is 46.5 Å². The van der Waals surface area contributed by atoms with Crippen molar-refractivity contribution < 1.29 is 14.6 Å². The van der Waals surface area contributed by atoms with Crippen LogP contribution in [0.2, 0.25) is 0 Å². The maximum atomic E-state index is 11.5. The van der Waals surface area contributed by atoms with Gasteiger partial charge >= 0.3 is 5.97 Å². The van der Waals surface area contributed by atoms with E-state index in [1.54, 1.807) is 24.3 Å². The first-order valence-electron chi connectivity index (χ1n) is 6.12. The van der Waals surface area contributed by atoms with Gasteiger partial charge in [-0.1, -0.05) is 31.9 Å². The van der Waals surface area contributed by atoms with Crippen LogP contribution in [0.15, 0.2) is 24.3 Å².